The number of carbonyl (C=O) groups excluding carboxylic acids is 4. The molecule has 3 N–H and O–H groups in total. The topological polar surface area (TPSA) is 221 Å². The van der Waals surface area contributed by atoms with E-state index in [-0.39, 0.29) is 91.2 Å². The summed E-state index contributed by atoms with van der Waals surface area (Å²) < 4.78 is 62.2. The van der Waals surface area contributed by atoms with Gasteiger partial charge in [0.15, 0.2) is 34.3 Å². The molecule has 4 bridgehead atoms. The Morgan fingerprint density at radius 1 is 0.880 bits per heavy atom. The molecule has 2 aromatic carbocycles. The van der Waals surface area contributed by atoms with Gasteiger partial charge in [-0.15, -0.1) is 0 Å². The van der Waals surface area contributed by atoms with Crippen molar-refractivity contribution < 1.29 is 81.9 Å². The van der Waals surface area contributed by atoms with Gasteiger partial charge in [0.05, 0.1) is 43.2 Å². The van der Waals surface area contributed by atoms with Crippen LogP contribution in [0.25, 0.3) is 6.08 Å². The van der Waals surface area contributed by atoms with Gasteiger partial charge < -0.3 is 62.7 Å². The van der Waals surface area contributed by atoms with Crippen LogP contribution in [-0.4, -0.2) is 131 Å². The van der Waals surface area contributed by atoms with Gasteiger partial charge in [-0.1, -0.05) is 35.5 Å². The zero-order valence-corrected chi connectivity index (χ0v) is 44.4. The minimum absolute atomic E-state index is 0.0112. The molecular weight excluding hydrogens is 969 g/mol. The van der Waals surface area contributed by atoms with Gasteiger partial charge in [-0.2, -0.15) is 0 Å². The Kier molecular flexibility index (Phi) is 14.8. The molecule has 5 aliphatic heterocycles. The summed E-state index contributed by atoms with van der Waals surface area (Å²) in [7, 11) is 0. The molecule has 404 valence electrons. The lowest BCUT2D eigenvalue weighted by Gasteiger charge is -2.56. The van der Waals surface area contributed by atoms with Crippen LogP contribution in [-0.2, 0) is 44.4 Å². The van der Waals surface area contributed by atoms with E-state index in [2.05, 4.69) is 6.08 Å². The fourth-order valence-corrected chi connectivity index (χ4v) is 11.6. The average molecular weight is 1040 g/mol. The van der Waals surface area contributed by atoms with E-state index in [0.29, 0.717) is 36.1 Å². The Labute approximate surface area is 437 Å². The predicted molar refractivity (Wildman–Crippen MR) is 271 cm³/mol. The van der Waals surface area contributed by atoms with Gasteiger partial charge in [0.1, 0.15) is 59.4 Å². The van der Waals surface area contributed by atoms with Crippen molar-refractivity contribution in [2.24, 2.45) is 11.8 Å². The fourth-order valence-electron chi connectivity index (χ4n) is 11.6. The van der Waals surface area contributed by atoms with E-state index in [1.165, 1.54) is 24.3 Å². The van der Waals surface area contributed by atoms with Crippen molar-refractivity contribution in [1.82, 2.24) is 0 Å². The molecule has 10 rings (SSSR count). The number of fused-ring (bicyclic) bond motifs is 3. The minimum Gasteiger partial charge on any atom is -0.482 e. The largest absolute Gasteiger partial charge is 0.482 e. The normalized spacial score (nSPS) is 31.3. The lowest BCUT2D eigenvalue weighted by atomic mass is 9.51. The molecule has 5 unspecified atom stereocenters. The number of benzene rings is 2. The molecule has 3 aliphatic carbocycles. The third kappa shape index (κ3) is 9.84. The molecule has 1 spiro atoms. The molecule has 10 atom stereocenters. The lowest BCUT2D eigenvalue weighted by Crippen LogP contribution is -2.72. The van der Waals surface area contributed by atoms with Crippen molar-refractivity contribution in [3.05, 3.63) is 99.2 Å². The molecule has 1 saturated carbocycles. The van der Waals surface area contributed by atoms with Crippen molar-refractivity contribution >= 4 is 29.6 Å². The predicted octanol–water partition coefficient (Wildman–Crippen LogP) is 7.20. The monoisotopic (exact) mass is 1040 g/mol. The summed E-state index contributed by atoms with van der Waals surface area (Å²) in [5.41, 5.74) is -1.82. The summed E-state index contributed by atoms with van der Waals surface area (Å²) in [5.74, 6) is -3.90. The molecule has 4 fully saturated rings. The van der Waals surface area contributed by atoms with Crippen LogP contribution < -0.4 is 18.9 Å². The van der Waals surface area contributed by atoms with E-state index in [0.717, 1.165) is 11.1 Å². The Morgan fingerprint density at radius 2 is 1.61 bits per heavy atom. The van der Waals surface area contributed by atoms with Crippen LogP contribution in [0.2, 0.25) is 0 Å². The summed E-state index contributed by atoms with van der Waals surface area (Å²) >= 11 is 0. The molecule has 0 amide bonds. The summed E-state index contributed by atoms with van der Waals surface area (Å²) in [6.45, 7) is 18.8. The highest BCUT2D eigenvalue weighted by atomic mass is 16.8. The maximum absolute atomic E-state index is 15.9. The summed E-state index contributed by atoms with van der Waals surface area (Å²) in [6, 6.07) is 5.93. The van der Waals surface area contributed by atoms with Crippen LogP contribution in [0, 0.1) is 11.8 Å². The van der Waals surface area contributed by atoms with Crippen LogP contribution in [0.1, 0.15) is 127 Å². The number of allylic oxidation sites excluding steroid dienone is 5. The fraction of sp³-hybridized carbons (Fsp3) is 0.552. The SMILES string of the molecule is CC(C)=CCCC1(C)C=Cc2c(c(CC=C(C)C)c3c(c2OC(=O)c2ccc(O[C@@H]4O[C@@H]5COC(C)(C)O[C@H]5[C@H](O)[C@H]4O)cc2)C(=O)C2=CC4CC5C(C)(C)OC(CC=C(C)C(=O)OCCOCCO)(C4=O)C25O3)O1. The van der Waals surface area contributed by atoms with Crippen molar-refractivity contribution in [2.75, 3.05) is 33.0 Å². The number of hydrogen-bond donors (Lipinski definition) is 3. The summed E-state index contributed by atoms with van der Waals surface area (Å²) in [5, 5.41) is 31.0. The zero-order valence-electron chi connectivity index (χ0n) is 44.4. The Hall–Kier alpha value is -5.50. The van der Waals surface area contributed by atoms with Crippen molar-refractivity contribution in [3.63, 3.8) is 0 Å². The number of hydrogen-bond acceptors (Lipinski definition) is 17. The van der Waals surface area contributed by atoms with Gasteiger partial charge in [0, 0.05) is 35.0 Å². The number of Topliss-reactive ketones (excluding diaryl/α,β-unsaturated/α-hetero) is 2. The van der Waals surface area contributed by atoms with E-state index in [4.69, 9.17) is 52.5 Å². The number of carbonyl (C=O) groups is 4. The standard InChI is InChI=1S/C58H70O17/c1-31(2)12-11-21-56(10)22-20-38-46(73-56)37(18-13-32(3)4)48-42(47(38)71-52(65)34-14-16-36(17-15-34)69-53-45(62)44(61)49-40(70-53)30-68-55(8,9)72-49)43(60)39-28-35-29-41-54(6,7)75-57(50(35)63,58(39,41)74-48)23-19-33(5)51(64)67-27-26-66-25-24-59/h12-17,19-20,22,28,35,40-41,44-45,49,53,59,61-62H,11,18,21,23-27,29-30H2,1-10H3/t35?,40-,41?,44-,45-,49-,53-,56?,57?,58?/m1/s1. The third-order valence-electron chi connectivity index (χ3n) is 15.3. The van der Waals surface area contributed by atoms with Gasteiger partial charge in [-0.25, -0.2) is 9.59 Å². The Bertz CT molecular complexity index is 2770. The van der Waals surface area contributed by atoms with Crippen LogP contribution in [0.15, 0.2) is 76.9 Å². The highest BCUT2D eigenvalue weighted by molar-refractivity contribution is 6.19. The van der Waals surface area contributed by atoms with E-state index in [1.807, 2.05) is 66.7 Å². The number of ether oxygens (including phenoxy) is 10. The Balaban J connectivity index is 1.11. The molecule has 0 aromatic heterocycles. The molecule has 0 radical (unpaired) electrons. The number of esters is 2. The highest BCUT2D eigenvalue weighted by Crippen LogP contribution is 2.69. The molecule has 8 aliphatic rings. The molecule has 17 heteroatoms. The van der Waals surface area contributed by atoms with Gasteiger partial charge in [0.2, 0.25) is 6.29 Å². The number of aliphatic hydroxyl groups excluding tert-OH is 3. The quantitative estimate of drug-likeness (QED) is 0.0469. The Morgan fingerprint density at radius 3 is 2.32 bits per heavy atom. The van der Waals surface area contributed by atoms with Crippen molar-refractivity contribution in [2.45, 2.75) is 160 Å². The smallest absolute Gasteiger partial charge is 0.343 e. The third-order valence-corrected chi connectivity index (χ3v) is 15.3. The van der Waals surface area contributed by atoms with E-state index >= 15 is 9.59 Å². The minimum atomic E-state index is -1.77. The first kappa shape index (κ1) is 54.3. The van der Waals surface area contributed by atoms with Crippen LogP contribution >= 0.6 is 0 Å². The van der Waals surface area contributed by atoms with Crippen LogP contribution in [0.4, 0.5) is 0 Å². The number of aliphatic hydroxyl groups is 3. The van der Waals surface area contributed by atoms with E-state index < -0.39 is 88.5 Å². The van der Waals surface area contributed by atoms with Gasteiger partial charge >= 0.3 is 11.9 Å². The summed E-state index contributed by atoms with van der Waals surface area (Å²) in [6.07, 6.45) is 7.22. The number of ketones is 2. The van der Waals surface area contributed by atoms with Crippen molar-refractivity contribution in [3.8, 4) is 23.0 Å². The van der Waals surface area contributed by atoms with Crippen LogP contribution in [0.3, 0.4) is 0 Å². The van der Waals surface area contributed by atoms with E-state index in [9.17, 15) is 19.8 Å². The van der Waals surface area contributed by atoms with Crippen LogP contribution in [0.5, 0.6) is 23.0 Å². The molecule has 17 nitrogen and oxygen atoms in total. The molecule has 5 heterocycles. The lowest BCUT2D eigenvalue weighted by molar-refractivity contribution is -0.373. The highest BCUT2D eigenvalue weighted by Gasteiger charge is 2.81. The second kappa shape index (κ2) is 20.5. The molecule has 75 heavy (non-hydrogen) atoms. The van der Waals surface area contributed by atoms with E-state index in [1.54, 1.807) is 32.9 Å². The first-order chi connectivity index (χ1) is 35.4. The maximum atomic E-state index is 15.9. The first-order valence-corrected chi connectivity index (χ1v) is 25.9. The number of rotatable bonds is 17. The van der Waals surface area contributed by atoms with Gasteiger partial charge in [-0.05, 0) is 131 Å². The summed E-state index contributed by atoms with van der Waals surface area (Å²) in [4.78, 5) is 58.8. The maximum Gasteiger partial charge on any atom is 0.343 e. The average Bonchev–Trinajstić information content (AvgIpc) is 3.55. The second-order valence-corrected chi connectivity index (χ2v) is 22.3. The molecule has 2 aromatic rings. The second-order valence-electron chi connectivity index (χ2n) is 22.3. The zero-order chi connectivity index (χ0) is 54.0. The van der Waals surface area contributed by atoms with Gasteiger partial charge in [-0.3, -0.25) is 9.59 Å². The first-order valence-electron chi connectivity index (χ1n) is 25.9. The molecular formula is C58H70O17. The van der Waals surface area contributed by atoms with Gasteiger partial charge in [0.25, 0.3) is 0 Å². The molecule has 3 saturated heterocycles. The van der Waals surface area contributed by atoms with Crippen molar-refractivity contribution in [1.29, 1.82) is 0 Å².